The molecule has 8 heteroatoms. The van der Waals surface area contributed by atoms with Crippen LogP contribution >= 0.6 is 11.3 Å². The quantitative estimate of drug-likeness (QED) is 0.225. The molecule has 2 aromatic heterocycles. The maximum Gasteiger partial charge on any atom is 0.234 e. The summed E-state index contributed by atoms with van der Waals surface area (Å²) in [5.41, 5.74) is 4.26. The maximum atomic E-state index is 13.6. The highest BCUT2D eigenvalue weighted by Crippen LogP contribution is 2.48. The molecule has 1 aliphatic carbocycles. The molecule has 1 fully saturated rings. The fourth-order valence-electron chi connectivity index (χ4n) is 6.27. The van der Waals surface area contributed by atoms with Crippen LogP contribution in [0.5, 0.6) is 5.75 Å². The number of aliphatic hydroxyl groups is 2. The van der Waals surface area contributed by atoms with E-state index in [4.69, 9.17) is 0 Å². The predicted octanol–water partition coefficient (Wildman–Crippen LogP) is 5.30. The lowest BCUT2D eigenvalue weighted by Gasteiger charge is -2.38. The Morgan fingerprint density at radius 2 is 1.88 bits per heavy atom. The molecule has 0 spiro atoms. The highest BCUT2D eigenvalue weighted by Gasteiger charge is 2.55. The monoisotopic (exact) mass is 572 g/mol. The summed E-state index contributed by atoms with van der Waals surface area (Å²) < 4.78 is 0. The van der Waals surface area contributed by atoms with Crippen LogP contribution in [0.4, 0.5) is 0 Å². The molecule has 5 rings (SSSR count). The molecular formula is C33H36N2O5S. The molecule has 1 aromatic carbocycles. The number of phenols is 1. The van der Waals surface area contributed by atoms with Gasteiger partial charge in [-0.3, -0.25) is 19.5 Å². The average molecular weight is 573 g/mol. The summed E-state index contributed by atoms with van der Waals surface area (Å²) in [5, 5.41) is 33.9. The second-order valence-electron chi connectivity index (χ2n) is 11.1. The molecule has 0 saturated carbocycles. The minimum absolute atomic E-state index is 0.0479. The van der Waals surface area contributed by atoms with Gasteiger partial charge in [0.05, 0.1) is 36.8 Å². The number of pyridine rings is 1. The summed E-state index contributed by atoms with van der Waals surface area (Å²) >= 11 is 1.50. The molecule has 0 bridgehead atoms. The van der Waals surface area contributed by atoms with Gasteiger partial charge in [-0.25, -0.2) is 0 Å². The van der Waals surface area contributed by atoms with Crippen LogP contribution in [0.1, 0.15) is 49.2 Å². The van der Waals surface area contributed by atoms with Crippen molar-refractivity contribution >= 4 is 34.8 Å². The van der Waals surface area contributed by atoms with Gasteiger partial charge in [0.1, 0.15) is 5.75 Å². The number of hydrogen-bond donors (Lipinski definition) is 3. The number of fused-ring (bicyclic) bond motifs is 1. The Morgan fingerprint density at radius 3 is 2.51 bits per heavy atom. The van der Waals surface area contributed by atoms with Gasteiger partial charge in [-0.1, -0.05) is 43.7 Å². The highest BCUT2D eigenvalue weighted by atomic mass is 32.1. The second-order valence-corrected chi connectivity index (χ2v) is 12.2. The van der Waals surface area contributed by atoms with Crippen LogP contribution in [0, 0.1) is 23.7 Å². The van der Waals surface area contributed by atoms with Gasteiger partial charge in [-0.15, -0.1) is 11.3 Å². The molecule has 3 N–H and O–H groups in total. The lowest BCUT2D eigenvalue weighted by Crippen LogP contribution is -2.39. The van der Waals surface area contributed by atoms with E-state index in [9.17, 15) is 24.9 Å². The van der Waals surface area contributed by atoms with Gasteiger partial charge >= 0.3 is 0 Å². The number of carbonyl (C=O) groups excluding carboxylic acids is 2. The van der Waals surface area contributed by atoms with Gasteiger partial charge in [0.2, 0.25) is 11.8 Å². The van der Waals surface area contributed by atoms with Crippen LogP contribution in [-0.2, 0) is 16.1 Å². The Morgan fingerprint density at radius 1 is 1.10 bits per heavy atom. The number of aliphatic hydroxyl groups excluding tert-OH is 2. The summed E-state index contributed by atoms with van der Waals surface area (Å²) in [6, 6.07) is 16.4. The first-order valence-corrected chi connectivity index (χ1v) is 15.0. The van der Waals surface area contributed by atoms with E-state index in [1.807, 2.05) is 67.8 Å². The van der Waals surface area contributed by atoms with Crippen LogP contribution in [0.15, 0.2) is 77.3 Å². The van der Waals surface area contributed by atoms with E-state index in [1.54, 1.807) is 18.3 Å². The number of likely N-dealkylation sites (tertiary alicyclic amines) is 1. The van der Waals surface area contributed by atoms with Crippen molar-refractivity contribution in [3.05, 3.63) is 93.5 Å². The number of phenolic OH excluding ortho intramolecular Hbond substituents is 1. The van der Waals surface area contributed by atoms with E-state index in [0.717, 1.165) is 27.3 Å². The van der Waals surface area contributed by atoms with Crippen molar-refractivity contribution in [2.24, 2.45) is 23.7 Å². The van der Waals surface area contributed by atoms with Gasteiger partial charge in [-0.05, 0) is 83.7 Å². The zero-order chi connectivity index (χ0) is 29.1. The van der Waals surface area contributed by atoms with Crippen molar-refractivity contribution in [1.82, 2.24) is 9.88 Å². The number of hydrogen-bond acceptors (Lipinski definition) is 7. The third-order valence-corrected chi connectivity index (χ3v) is 9.13. The zero-order valence-electron chi connectivity index (χ0n) is 23.3. The lowest BCUT2D eigenvalue weighted by molar-refractivity contribution is -0.140. The first kappa shape index (κ1) is 28.9. The fourth-order valence-corrected chi connectivity index (χ4v) is 6.96. The van der Waals surface area contributed by atoms with E-state index >= 15 is 0 Å². The molecule has 0 radical (unpaired) electrons. The first-order chi connectivity index (χ1) is 19.8. The maximum absolute atomic E-state index is 13.6. The summed E-state index contributed by atoms with van der Waals surface area (Å²) in [6.07, 6.45) is 4.09. The van der Waals surface area contributed by atoms with E-state index in [2.05, 4.69) is 4.98 Å². The number of benzene rings is 1. The minimum Gasteiger partial charge on any atom is -0.508 e. The second kappa shape index (κ2) is 12.5. The molecule has 1 saturated heterocycles. The van der Waals surface area contributed by atoms with Gasteiger partial charge in [0.25, 0.3) is 0 Å². The zero-order valence-corrected chi connectivity index (χ0v) is 24.1. The average Bonchev–Trinajstić information content (AvgIpc) is 3.58. The smallest absolute Gasteiger partial charge is 0.234 e. The summed E-state index contributed by atoms with van der Waals surface area (Å²) in [4.78, 5) is 33.9. The van der Waals surface area contributed by atoms with Crippen molar-refractivity contribution in [1.29, 1.82) is 0 Å². The van der Waals surface area contributed by atoms with E-state index in [0.29, 0.717) is 24.8 Å². The van der Waals surface area contributed by atoms with Crippen molar-refractivity contribution in [3.8, 4) is 5.75 Å². The van der Waals surface area contributed by atoms with Gasteiger partial charge in [-0.2, -0.15) is 0 Å². The van der Waals surface area contributed by atoms with E-state index in [-0.39, 0.29) is 36.6 Å². The predicted molar refractivity (Wildman–Crippen MR) is 159 cm³/mol. The Bertz CT molecular complexity index is 1430. The molecular weight excluding hydrogens is 536 g/mol. The number of thiophene rings is 1. The number of aromatic hydroxyl groups is 1. The summed E-state index contributed by atoms with van der Waals surface area (Å²) in [7, 11) is 0. The van der Waals surface area contributed by atoms with Gasteiger partial charge in [0, 0.05) is 17.0 Å². The van der Waals surface area contributed by atoms with Crippen LogP contribution in [0.2, 0.25) is 0 Å². The lowest BCUT2D eigenvalue weighted by atomic mass is 9.66. The van der Waals surface area contributed by atoms with Crippen LogP contribution in [-0.4, -0.2) is 49.7 Å². The van der Waals surface area contributed by atoms with Crippen LogP contribution in [0.3, 0.4) is 0 Å². The highest BCUT2D eigenvalue weighted by molar-refractivity contribution is 7.09. The Hall–Kier alpha value is -3.59. The van der Waals surface area contributed by atoms with Crippen molar-refractivity contribution in [2.45, 2.75) is 45.8 Å². The van der Waals surface area contributed by atoms with Crippen molar-refractivity contribution in [3.63, 3.8) is 0 Å². The van der Waals surface area contributed by atoms with Gasteiger partial charge < -0.3 is 15.3 Å². The number of carbonyl (C=O) groups is 2. The molecule has 2 amide bonds. The Labute approximate surface area is 244 Å². The summed E-state index contributed by atoms with van der Waals surface area (Å²) in [6.45, 7) is 3.99. The number of imide groups is 1. The third-order valence-electron chi connectivity index (χ3n) is 8.27. The minimum atomic E-state index is -0.897. The standard InChI is InChI=1S/C33H36N2O5S/c1-20(2)25-17-26-31(33(40)35(32(26)39)18-24-6-5-15-41-24)27(19-36)30(25)29(38)13-10-22(28-7-3-4-14-34-28)16-21-8-11-23(37)12-9-21/h3-9,11-12,14-16,20,26-27,29,31,36-38H,10,13,17-19H2,1-2H3/b22-16-/t26-,27+,29-,31-/m1/s1. The topological polar surface area (TPSA) is 111 Å². The van der Waals surface area contributed by atoms with E-state index < -0.39 is 23.9 Å². The molecule has 0 unspecified atom stereocenters. The van der Waals surface area contributed by atoms with Crippen LogP contribution < -0.4 is 0 Å². The number of rotatable bonds is 10. The normalized spacial score (nSPS) is 22.0. The molecule has 2 aliphatic rings. The van der Waals surface area contributed by atoms with Crippen LogP contribution in [0.25, 0.3) is 11.6 Å². The fraction of sp³-hybridized carbons (Fsp3) is 0.364. The van der Waals surface area contributed by atoms with Gasteiger partial charge in [0.15, 0.2) is 0 Å². The molecule has 3 aromatic rings. The number of allylic oxidation sites excluding steroid dienone is 2. The Balaban J connectivity index is 1.42. The van der Waals surface area contributed by atoms with Crippen molar-refractivity contribution < 1.29 is 24.9 Å². The molecule has 214 valence electrons. The molecule has 7 nitrogen and oxygen atoms in total. The largest absolute Gasteiger partial charge is 0.508 e. The number of amides is 2. The number of nitrogens with zero attached hydrogens (tertiary/aromatic N) is 2. The molecule has 41 heavy (non-hydrogen) atoms. The van der Waals surface area contributed by atoms with E-state index in [1.165, 1.54) is 16.2 Å². The molecule has 4 atom stereocenters. The number of aromatic nitrogens is 1. The third kappa shape index (κ3) is 6.05. The molecule has 1 aliphatic heterocycles. The molecule has 3 heterocycles. The first-order valence-electron chi connectivity index (χ1n) is 14.1. The SMILES string of the molecule is CC(C)C1=C([C@H](O)CC/C(=C/c2ccc(O)cc2)c2ccccn2)[C@H](CO)[C@@H]2C(=O)N(Cc3cccs3)C(=O)[C@@H]2C1. The Kier molecular flexibility index (Phi) is 8.82. The summed E-state index contributed by atoms with van der Waals surface area (Å²) in [5.74, 6) is -2.04. The van der Waals surface area contributed by atoms with Crippen molar-refractivity contribution in [2.75, 3.05) is 6.61 Å².